The fraction of sp³-hybridized carbons (Fsp3) is 0.286. The Morgan fingerprint density at radius 1 is 1.33 bits per heavy atom. The SMILES string of the molecule is O=C(O)NCc1cnc(-c2ccc(OCCCO)cc2)s1. The van der Waals surface area contributed by atoms with E-state index in [4.69, 9.17) is 14.9 Å². The van der Waals surface area contributed by atoms with Crippen LogP contribution in [0.2, 0.25) is 0 Å². The number of hydrogen-bond donors (Lipinski definition) is 3. The van der Waals surface area contributed by atoms with E-state index in [0.717, 1.165) is 21.2 Å². The second kappa shape index (κ2) is 7.61. The van der Waals surface area contributed by atoms with Gasteiger partial charge in [-0.15, -0.1) is 11.3 Å². The molecule has 1 aromatic carbocycles. The molecule has 0 bridgehead atoms. The number of thiazole rings is 1. The van der Waals surface area contributed by atoms with Gasteiger partial charge in [-0.05, 0) is 24.3 Å². The summed E-state index contributed by atoms with van der Waals surface area (Å²) in [7, 11) is 0. The molecule has 0 aliphatic rings. The molecule has 2 aromatic rings. The molecule has 0 aliphatic carbocycles. The Morgan fingerprint density at radius 3 is 2.76 bits per heavy atom. The summed E-state index contributed by atoms with van der Waals surface area (Å²) in [5.74, 6) is 0.747. The Labute approximate surface area is 126 Å². The van der Waals surface area contributed by atoms with E-state index in [1.807, 2.05) is 24.3 Å². The Balaban J connectivity index is 1.96. The van der Waals surface area contributed by atoms with Gasteiger partial charge in [-0.1, -0.05) is 0 Å². The van der Waals surface area contributed by atoms with Crippen molar-refractivity contribution in [3.8, 4) is 16.3 Å². The van der Waals surface area contributed by atoms with Gasteiger partial charge in [-0.2, -0.15) is 0 Å². The van der Waals surface area contributed by atoms with E-state index in [2.05, 4.69) is 10.3 Å². The van der Waals surface area contributed by atoms with Crippen LogP contribution in [-0.2, 0) is 6.54 Å². The highest BCUT2D eigenvalue weighted by Gasteiger charge is 2.06. The Kier molecular flexibility index (Phi) is 5.53. The normalized spacial score (nSPS) is 10.3. The van der Waals surface area contributed by atoms with Crippen LogP contribution >= 0.6 is 11.3 Å². The topological polar surface area (TPSA) is 91.7 Å². The summed E-state index contributed by atoms with van der Waals surface area (Å²) in [5.41, 5.74) is 0.955. The molecule has 6 nitrogen and oxygen atoms in total. The minimum absolute atomic E-state index is 0.115. The number of aliphatic hydroxyl groups is 1. The third kappa shape index (κ3) is 4.73. The van der Waals surface area contributed by atoms with Crippen LogP contribution in [0.15, 0.2) is 30.5 Å². The van der Waals surface area contributed by atoms with Crippen molar-refractivity contribution in [2.24, 2.45) is 0 Å². The number of benzene rings is 1. The van der Waals surface area contributed by atoms with Gasteiger partial charge in [0, 0.05) is 29.7 Å². The van der Waals surface area contributed by atoms with E-state index < -0.39 is 6.09 Å². The molecule has 0 aliphatic heterocycles. The number of amides is 1. The van der Waals surface area contributed by atoms with Crippen molar-refractivity contribution in [1.82, 2.24) is 10.3 Å². The molecule has 1 aromatic heterocycles. The first kappa shape index (κ1) is 15.3. The smallest absolute Gasteiger partial charge is 0.404 e. The fourth-order valence-corrected chi connectivity index (χ4v) is 2.49. The number of aliphatic hydroxyl groups excluding tert-OH is 1. The van der Waals surface area contributed by atoms with Gasteiger partial charge in [-0.3, -0.25) is 0 Å². The van der Waals surface area contributed by atoms with Crippen molar-refractivity contribution in [1.29, 1.82) is 0 Å². The van der Waals surface area contributed by atoms with Crippen LogP contribution in [0.4, 0.5) is 4.79 Å². The summed E-state index contributed by atoms with van der Waals surface area (Å²) in [6.45, 7) is 0.859. The maximum atomic E-state index is 10.4. The number of carbonyl (C=O) groups is 1. The van der Waals surface area contributed by atoms with E-state index in [1.165, 1.54) is 11.3 Å². The average molecular weight is 308 g/mol. The first-order valence-corrected chi connectivity index (χ1v) is 7.26. The first-order valence-electron chi connectivity index (χ1n) is 6.44. The first-order chi connectivity index (χ1) is 10.2. The van der Waals surface area contributed by atoms with Gasteiger partial charge < -0.3 is 20.3 Å². The van der Waals surface area contributed by atoms with E-state index in [0.29, 0.717) is 13.0 Å². The van der Waals surface area contributed by atoms with Gasteiger partial charge in [0.15, 0.2) is 0 Å². The van der Waals surface area contributed by atoms with Crippen molar-refractivity contribution in [2.45, 2.75) is 13.0 Å². The summed E-state index contributed by atoms with van der Waals surface area (Å²) < 4.78 is 5.46. The molecule has 112 valence electrons. The molecule has 0 unspecified atom stereocenters. The molecule has 1 heterocycles. The molecule has 0 fully saturated rings. The van der Waals surface area contributed by atoms with Gasteiger partial charge in [0.1, 0.15) is 10.8 Å². The van der Waals surface area contributed by atoms with E-state index in [9.17, 15) is 4.79 Å². The molecular formula is C14H16N2O4S. The van der Waals surface area contributed by atoms with E-state index in [-0.39, 0.29) is 13.2 Å². The fourth-order valence-electron chi connectivity index (χ4n) is 1.63. The van der Waals surface area contributed by atoms with Crippen LogP contribution in [0.1, 0.15) is 11.3 Å². The number of carboxylic acid groups (broad SMARTS) is 1. The molecule has 3 N–H and O–H groups in total. The second-order valence-corrected chi connectivity index (χ2v) is 5.36. The van der Waals surface area contributed by atoms with E-state index in [1.54, 1.807) is 6.20 Å². The minimum atomic E-state index is -1.05. The summed E-state index contributed by atoms with van der Waals surface area (Å²) >= 11 is 1.44. The zero-order valence-electron chi connectivity index (χ0n) is 11.3. The highest BCUT2D eigenvalue weighted by Crippen LogP contribution is 2.26. The van der Waals surface area contributed by atoms with Gasteiger partial charge in [0.05, 0.1) is 13.2 Å². The molecule has 1 amide bonds. The summed E-state index contributed by atoms with van der Waals surface area (Å²) in [5, 5.41) is 20.4. The molecular weight excluding hydrogens is 292 g/mol. The molecule has 0 saturated heterocycles. The molecule has 2 rings (SSSR count). The van der Waals surface area contributed by atoms with Crippen molar-refractivity contribution < 1.29 is 19.7 Å². The number of ether oxygens (including phenoxy) is 1. The lowest BCUT2D eigenvalue weighted by molar-refractivity contribution is 0.194. The van der Waals surface area contributed by atoms with Gasteiger partial charge >= 0.3 is 6.09 Å². The number of nitrogens with zero attached hydrogens (tertiary/aromatic N) is 1. The predicted molar refractivity (Wildman–Crippen MR) is 79.6 cm³/mol. The summed E-state index contributed by atoms with van der Waals surface area (Å²) in [6.07, 6.45) is 1.23. The Morgan fingerprint density at radius 2 is 2.10 bits per heavy atom. The lowest BCUT2D eigenvalue weighted by Gasteiger charge is -2.05. The Bertz CT molecular complexity index is 583. The van der Waals surface area contributed by atoms with Crippen LogP contribution < -0.4 is 10.1 Å². The lowest BCUT2D eigenvalue weighted by Crippen LogP contribution is -2.19. The van der Waals surface area contributed by atoms with Crippen molar-refractivity contribution in [2.75, 3.05) is 13.2 Å². The second-order valence-electron chi connectivity index (χ2n) is 4.24. The van der Waals surface area contributed by atoms with Gasteiger partial charge in [0.25, 0.3) is 0 Å². The van der Waals surface area contributed by atoms with Gasteiger partial charge in [-0.25, -0.2) is 9.78 Å². The van der Waals surface area contributed by atoms with Crippen LogP contribution in [-0.4, -0.2) is 34.5 Å². The van der Waals surface area contributed by atoms with Crippen molar-refractivity contribution in [3.63, 3.8) is 0 Å². The highest BCUT2D eigenvalue weighted by molar-refractivity contribution is 7.15. The number of rotatable bonds is 7. The van der Waals surface area contributed by atoms with Gasteiger partial charge in [0.2, 0.25) is 0 Å². The molecule has 0 spiro atoms. The maximum absolute atomic E-state index is 10.4. The number of hydrogen-bond acceptors (Lipinski definition) is 5. The largest absolute Gasteiger partial charge is 0.494 e. The standard InChI is InChI=1S/C14H16N2O4S/c17-6-1-7-20-11-4-2-10(3-5-11)13-15-8-12(21-13)9-16-14(18)19/h2-5,8,16-17H,1,6-7,9H2,(H,18,19). The lowest BCUT2D eigenvalue weighted by atomic mass is 10.2. The van der Waals surface area contributed by atoms with Crippen LogP contribution in [0.5, 0.6) is 5.75 Å². The predicted octanol–water partition coefficient (Wildman–Crippen LogP) is 2.34. The van der Waals surface area contributed by atoms with E-state index >= 15 is 0 Å². The van der Waals surface area contributed by atoms with Crippen LogP contribution in [0.25, 0.3) is 10.6 Å². The van der Waals surface area contributed by atoms with Crippen molar-refractivity contribution in [3.05, 3.63) is 35.3 Å². The summed E-state index contributed by atoms with van der Waals surface area (Å²) in [6, 6.07) is 7.51. The zero-order chi connectivity index (χ0) is 15.1. The third-order valence-electron chi connectivity index (χ3n) is 2.64. The van der Waals surface area contributed by atoms with Crippen molar-refractivity contribution >= 4 is 17.4 Å². The number of nitrogens with one attached hydrogen (secondary N) is 1. The maximum Gasteiger partial charge on any atom is 0.404 e. The summed E-state index contributed by atoms with van der Waals surface area (Å²) in [4.78, 5) is 15.6. The molecule has 0 saturated carbocycles. The quantitative estimate of drug-likeness (QED) is 0.683. The van der Waals surface area contributed by atoms with Crippen LogP contribution in [0.3, 0.4) is 0 Å². The Hall–Kier alpha value is -2.12. The number of aromatic nitrogens is 1. The highest BCUT2D eigenvalue weighted by atomic mass is 32.1. The monoisotopic (exact) mass is 308 g/mol. The zero-order valence-corrected chi connectivity index (χ0v) is 12.1. The minimum Gasteiger partial charge on any atom is -0.494 e. The molecule has 21 heavy (non-hydrogen) atoms. The average Bonchev–Trinajstić information content (AvgIpc) is 2.95. The third-order valence-corrected chi connectivity index (χ3v) is 3.69. The molecule has 7 heteroatoms. The molecule has 0 atom stereocenters. The molecule has 0 radical (unpaired) electrons. The van der Waals surface area contributed by atoms with Crippen LogP contribution in [0, 0.1) is 0 Å².